The van der Waals surface area contributed by atoms with Crippen molar-refractivity contribution in [3.8, 4) is 0 Å². The highest BCUT2D eigenvalue weighted by molar-refractivity contribution is 7.99. The second-order valence-electron chi connectivity index (χ2n) is 7.78. The van der Waals surface area contributed by atoms with Gasteiger partial charge in [0.05, 0.1) is 5.60 Å². The van der Waals surface area contributed by atoms with Crippen LogP contribution in [0, 0.1) is 11.3 Å². The Balaban J connectivity index is 1.73. The highest BCUT2D eigenvalue weighted by Crippen LogP contribution is 2.46. The van der Waals surface area contributed by atoms with Crippen molar-refractivity contribution in [2.24, 2.45) is 17.1 Å². The van der Waals surface area contributed by atoms with Crippen LogP contribution in [0.25, 0.3) is 0 Å². The van der Waals surface area contributed by atoms with Gasteiger partial charge in [-0.2, -0.15) is 11.8 Å². The van der Waals surface area contributed by atoms with Crippen LogP contribution in [-0.2, 0) is 4.74 Å². The summed E-state index contributed by atoms with van der Waals surface area (Å²) in [5.41, 5.74) is 8.47. The van der Waals surface area contributed by atoms with Crippen LogP contribution in [0.15, 0.2) is 11.6 Å². The number of rotatable bonds is 1. The van der Waals surface area contributed by atoms with Crippen LogP contribution in [0.3, 0.4) is 0 Å². The average Bonchev–Trinajstić information content (AvgIpc) is 2.37. The largest absolute Gasteiger partial charge is 0.375 e. The van der Waals surface area contributed by atoms with Crippen LogP contribution in [0.2, 0.25) is 0 Å². The molecule has 2 unspecified atom stereocenters. The quantitative estimate of drug-likeness (QED) is 0.748. The molecule has 0 saturated carbocycles. The van der Waals surface area contributed by atoms with Gasteiger partial charge in [0, 0.05) is 12.6 Å². The van der Waals surface area contributed by atoms with E-state index in [4.69, 9.17) is 10.5 Å². The monoisotopic (exact) mass is 295 g/mol. The van der Waals surface area contributed by atoms with Crippen LogP contribution in [0.5, 0.6) is 0 Å². The van der Waals surface area contributed by atoms with Gasteiger partial charge in [-0.05, 0) is 61.4 Å². The van der Waals surface area contributed by atoms with Gasteiger partial charge in [-0.25, -0.2) is 0 Å². The maximum atomic E-state index is 6.27. The lowest BCUT2D eigenvalue weighted by atomic mass is 9.69. The summed E-state index contributed by atoms with van der Waals surface area (Å²) in [6.07, 6.45) is 9.67. The summed E-state index contributed by atoms with van der Waals surface area (Å²) < 4.78 is 6.23. The van der Waals surface area contributed by atoms with Gasteiger partial charge >= 0.3 is 0 Å². The summed E-state index contributed by atoms with van der Waals surface area (Å²) in [6.45, 7) is 5.68. The van der Waals surface area contributed by atoms with Gasteiger partial charge in [-0.15, -0.1) is 0 Å². The second-order valence-corrected chi connectivity index (χ2v) is 9.01. The Morgan fingerprint density at radius 1 is 1.25 bits per heavy atom. The minimum Gasteiger partial charge on any atom is -0.375 e. The van der Waals surface area contributed by atoms with Gasteiger partial charge in [0.1, 0.15) is 0 Å². The van der Waals surface area contributed by atoms with Crippen molar-refractivity contribution in [3.05, 3.63) is 11.6 Å². The minimum absolute atomic E-state index is 0.195. The lowest BCUT2D eigenvalue weighted by molar-refractivity contribution is -0.0975. The van der Waals surface area contributed by atoms with Gasteiger partial charge in [0.2, 0.25) is 0 Å². The van der Waals surface area contributed by atoms with E-state index >= 15 is 0 Å². The molecule has 2 saturated heterocycles. The molecule has 0 amide bonds. The van der Waals surface area contributed by atoms with Crippen molar-refractivity contribution in [2.75, 3.05) is 18.1 Å². The predicted molar refractivity (Wildman–Crippen MR) is 87.0 cm³/mol. The van der Waals surface area contributed by atoms with E-state index in [1.807, 2.05) is 0 Å². The number of allylic oxidation sites excluding steroid dienone is 1. The third-order valence-corrected chi connectivity index (χ3v) is 6.31. The van der Waals surface area contributed by atoms with Crippen molar-refractivity contribution in [3.63, 3.8) is 0 Å². The van der Waals surface area contributed by atoms with E-state index in [0.29, 0.717) is 5.41 Å². The number of ether oxygens (including phenoxy) is 1. The fraction of sp³-hybridized carbons (Fsp3) is 0.882. The number of nitrogens with two attached hydrogens (primary N) is 1. The van der Waals surface area contributed by atoms with Crippen LogP contribution in [0.4, 0.5) is 0 Å². The first-order valence-corrected chi connectivity index (χ1v) is 9.31. The first-order chi connectivity index (χ1) is 9.48. The van der Waals surface area contributed by atoms with Crippen molar-refractivity contribution in [1.29, 1.82) is 0 Å². The fourth-order valence-corrected chi connectivity index (χ4v) is 5.61. The Morgan fingerprint density at radius 2 is 2.00 bits per heavy atom. The Hall–Kier alpha value is 0.01000. The molecular weight excluding hydrogens is 266 g/mol. The molecule has 0 bridgehead atoms. The third-order valence-electron chi connectivity index (χ3n) is 5.32. The molecule has 3 heteroatoms. The highest BCUT2D eigenvalue weighted by Gasteiger charge is 2.41. The standard InChI is InChI=1S/C17H29NOS/c1-16(2)10-14(9-15(18)12-16)13-3-6-19-17(11-13)4-7-20-8-5-17/h9,13,15H,3-8,10-12,18H2,1-2H3. The van der Waals surface area contributed by atoms with Crippen molar-refractivity contribution in [2.45, 2.75) is 64.0 Å². The zero-order valence-electron chi connectivity index (χ0n) is 13.0. The maximum Gasteiger partial charge on any atom is 0.0704 e. The summed E-state index contributed by atoms with van der Waals surface area (Å²) in [5.74, 6) is 3.27. The van der Waals surface area contributed by atoms with E-state index < -0.39 is 0 Å². The first-order valence-electron chi connectivity index (χ1n) is 8.16. The Bertz CT molecular complexity index is 379. The molecule has 2 nitrogen and oxygen atoms in total. The van der Waals surface area contributed by atoms with Crippen molar-refractivity contribution in [1.82, 2.24) is 0 Å². The molecule has 0 aromatic carbocycles. The predicted octanol–water partition coefficient (Wildman–Crippen LogP) is 3.75. The van der Waals surface area contributed by atoms with E-state index in [2.05, 4.69) is 31.7 Å². The molecule has 2 N–H and O–H groups in total. The molecule has 1 aliphatic carbocycles. The van der Waals surface area contributed by atoms with E-state index in [1.165, 1.54) is 43.6 Å². The van der Waals surface area contributed by atoms with E-state index in [9.17, 15) is 0 Å². The van der Waals surface area contributed by atoms with Gasteiger partial charge < -0.3 is 10.5 Å². The van der Waals surface area contributed by atoms with Crippen LogP contribution >= 0.6 is 11.8 Å². The van der Waals surface area contributed by atoms with Crippen molar-refractivity contribution < 1.29 is 4.74 Å². The number of hydrogen-bond donors (Lipinski definition) is 1. The van der Waals surface area contributed by atoms with E-state index in [1.54, 1.807) is 5.57 Å². The molecule has 2 atom stereocenters. The first kappa shape index (κ1) is 14.9. The molecule has 20 heavy (non-hydrogen) atoms. The topological polar surface area (TPSA) is 35.2 Å². The molecule has 2 heterocycles. The molecule has 114 valence electrons. The number of hydrogen-bond acceptors (Lipinski definition) is 3. The molecule has 0 radical (unpaired) electrons. The van der Waals surface area contributed by atoms with Crippen LogP contribution < -0.4 is 5.73 Å². The van der Waals surface area contributed by atoms with Crippen molar-refractivity contribution >= 4 is 11.8 Å². The molecule has 1 spiro atoms. The summed E-state index contributed by atoms with van der Waals surface area (Å²) in [4.78, 5) is 0. The molecule has 3 aliphatic rings. The lowest BCUT2D eigenvalue weighted by Crippen LogP contribution is -2.44. The van der Waals surface area contributed by atoms with Crippen LogP contribution in [-0.4, -0.2) is 29.8 Å². The second kappa shape index (κ2) is 5.66. The van der Waals surface area contributed by atoms with Gasteiger partial charge in [-0.1, -0.05) is 25.5 Å². The summed E-state index contributed by atoms with van der Waals surface area (Å²) >= 11 is 2.08. The molecule has 2 aliphatic heterocycles. The summed E-state index contributed by atoms with van der Waals surface area (Å²) in [6, 6.07) is 0.259. The Morgan fingerprint density at radius 3 is 2.70 bits per heavy atom. The zero-order valence-corrected chi connectivity index (χ0v) is 13.8. The van der Waals surface area contributed by atoms with Gasteiger partial charge in [-0.3, -0.25) is 0 Å². The van der Waals surface area contributed by atoms with Gasteiger partial charge in [0.15, 0.2) is 0 Å². The smallest absolute Gasteiger partial charge is 0.0704 e. The normalized spacial score (nSPS) is 36.6. The van der Waals surface area contributed by atoms with E-state index in [0.717, 1.165) is 18.9 Å². The lowest BCUT2D eigenvalue weighted by Gasteiger charge is -2.46. The Labute approximate surface area is 127 Å². The highest BCUT2D eigenvalue weighted by atomic mass is 32.2. The average molecular weight is 295 g/mol. The maximum absolute atomic E-state index is 6.27. The SMILES string of the molecule is CC1(C)CC(C2CCOC3(CCSCC3)C2)=CC(N)C1. The summed E-state index contributed by atoms with van der Waals surface area (Å²) in [5, 5.41) is 0. The zero-order chi connectivity index (χ0) is 14.2. The Kier molecular flexibility index (Phi) is 4.22. The third kappa shape index (κ3) is 3.26. The van der Waals surface area contributed by atoms with Gasteiger partial charge in [0.25, 0.3) is 0 Å². The fourth-order valence-electron chi connectivity index (χ4n) is 4.37. The molecule has 2 fully saturated rings. The van der Waals surface area contributed by atoms with E-state index in [-0.39, 0.29) is 11.6 Å². The minimum atomic E-state index is 0.195. The molecule has 3 rings (SSSR count). The number of thioether (sulfide) groups is 1. The van der Waals surface area contributed by atoms with Crippen LogP contribution in [0.1, 0.15) is 52.4 Å². The molecule has 0 aromatic heterocycles. The molecule has 0 aromatic rings. The molecular formula is C17H29NOS. The summed E-state index contributed by atoms with van der Waals surface area (Å²) in [7, 11) is 0.